The second kappa shape index (κ2) is 8.28. The third-order valence-corrected chi connectivity index (χ3v) is 2.94. The molecule has 18 heavy (non-hydrogen) atoms. The van der Waals surface area contributed by atoms with Gasteiger partial charge in [0.2, 0.25) is 0 Å². The van der Waals surface area contributed by atoms with Gasteiger partial charge >= 0.3 is 11.9 Å². The summed E-state index contributed by atoms with van der Waals surface area (Å²) in [5.74, 6) is -3.09. The van der Waals surface area contributed by atoms with Crippen molar-refractivity contribution >= 4 is 11.9 Å². The normalized spacial score (nSPS) is 15.1. The van der Waals surface area contributed by atoms with Gasteiger partial charge in [-0.25, -0.2) is 0 Å². The van der Waals surface area contributed by atoms with Crippen LogP contribution in [0.1, 0.15) is 19.3 Å². The summed E-state index contributed by atoms with van der Waals surface area (Å²) in [4.78, 5) is 21.7. The number of aliphatic carboxylic acids is 2. The average molecular weight is 252 g/mol. The molecule has 0 spiro atoms. The maximum atomic E-state index is 10.9. The monoisotopic (exact) mass is 252 g/mol. The SMILES string of the molecule is C=CC(CCC(C=C)C(=O)O)CC(C=C)C(=O)O. The molecule has 100 valence electrons. The number of carbonyl (C=O) groups is 2. The van der Waals surface area contributed by atoms with Gasteiger partial charge in [0.25, 0.3) is 0 Å². The molecule has 0 aliphatic rings. The molecule has 0 radical (unpaired) electrons. The van der Waals surface area contributed by atoms with E-state index in [2.05, 4.69) is 19.7 Å². The number of carboxylic acid groups (broad SMARTS) is 2. The fourth-order valence-corrected chi connectivity index (χ4v) is 1.69. The van der Waals surface area contributed by atoms with E-state index in [1.807, 2.05) is 0 Å². The Bertz CT molecular complexity index is 333. The standard InChI is InChI=1S/C14H20O4/c1-4-10(9-12(6-3)14(17)18)7-8-11(5-2)13(15)16/h4-6,10-12H,1-3,7-9H2,(H,15,16)(H,17,18). The molecule has 0 aromatic carbocycles. The van der Waals surface area contributed by atoms with Crippen molar-refractivity contribution in [3.63, 3.8) is 0 Å². The number of allylic oxidation sites excluding steroid dienone is 1. The van der Waals surface area contributed by atoms with E-state index in [1.54, 1.807) is 6.08 Å². The van der Waals surface area contributed by atoms with Crippen LogP contribution < -0.4 is 0 Å². The van der Waals surface area contributed by atoms with E-state index in [4.69, 9.17) is 10.2 Å². The summed E-state index contributed by atoms with van der Waals surface area (Å²) in [6.45, 7) is 10.6. The molecule has 0 aromatic rings. The molecule has 0 rings (SSSR count). The predicted molar refractivity (Wildman–Crippen MR) is 70.2 cm³/mol. The Hall–Kier alpha value is -1.84. The lowest BCUT2D eigenvalue weighted by molar-refractivity contribution is -0.141. The first-order chi connectivity index (χ1) is 8.46. The molecule has 4 nitrogen and oxygen atoms in total. The molecule has 0 amide bonds. The third-order valence-electron chi connectivity index (χ3n) is 2.94. The second-order valence-corrected chi connectivity index (χ2v) is 4.17. The average Bonchev–Trinajstić information content (AvgIpc) is 2.32. The van der Waals surface area contributed by atoms with Crippen LogP contribution in [0.15, 0.2) is 38.0 Å². The zero-order valence-corrected chi connectivity index (χ0v) is 10.4. The quantitative estimate of drug-likeness (QED) is 0.586. The van der Waals surface area contributed by atoms with Crippen molar-refractivity contribution in [2.24, 2.45) is 17.8 Å². The van der Waals surface area contributed by atoms with E-state index < -0.39 is 23.8 Å². The Morgan fingerprint density at radius 3 is 1.72 bits per heavy atom. The van der Waals surface area contributed by atoms with Crippen LogP contribution in [0.5, 0.6) is 0 Å². The Kier molecular flexibility index (Phi) is 7.43. The van der Waals surface area contributed by atoms with E-state index in [1.165, 1.54) is 12.2 Å². The van der Waals surface area contributed by atoms with Crippen LogP contribution in [0.4, 0.5) is 0 Å². The molecule has 2 N–H and O–H groups in total. The molecule has 3 unspecified atom stereocenters. The predicted octanol–water partition coefficient (Wildman–Crippen LogP) is 2.73. The summed E-state index contributed by atoms with van der Waals surface area (Å²) in [5, 5.41) is 17.8. The van der Waals surface area contributed by atoms with Gasteiger partial charge in [0.05, 0.1) is 11.8 Å². The molecule has 0 bridgehead atoms. The fourth-order valence-electron chi connectivity index (χ4n) is 1.69. The van der Waals surface area contributed by atoms with Gasteiger partial charge in [-0.05, 0) is 25.2 Å². The lowest BCUT2D eigenvalue weighted by Crippen LogP contribution is -2.17. The van der Waals surface area contributed by atoms with Crippen LogP contribution in [0, 0.1) is 17.8 Å². The minimum Gasteiger partial charge on any atom is -0.481 e. The van der Waals surface area contributed by atoms with Crippen molar-refractivity contribution in [2.45, 2.75) is 19.3 Å². The third kappa shape index (κ3) is 5.48. The Balaban J connectivity index is 4.39. The zero-order chi connectivity index (χ0) is 14.1. The lowest BCUT2D eigenvalue weighted by atomic mass is 9.88. The molecule has 0 saturated heterocycles. The summed E-state index contributed by atoms with van der Waals surface area (Å²) in [7, 11) is 0. The molecule has 0 fully saturated rings. The Morgan fingerprint density at radius 1 is 0.889 bits per heavy atom. The van der Waals surface area contributed by atoms with Crippen LogP contribution in [-0.4, -0.2) is 22.2 Å². The highest BCUT2D eigenvalue weighted by atomic mass is 16.4. The molecule has 0 saturated carbocycles. The van der Waals surface area contributed by atoms with Crippen molar-refractivity contribution in [1.82, 2.24) is 0 Å². The van der Waals surface area contributed by atoms with Gasteiger partial charge in [0.15, 0.2) is 0 Å². The van der Waals surface area contributed by atoms with Crippen molar-refractivity contribution in [3.8, 4) is 0 Å². The Labute approximate surface area is 107 Å². The van der Waals surface area contributed by atoms with Gasteiger partial charge in [-0.2, -0.15) is 0 Å². The highest BCUT2D eigenvalue weighted by Crippen LogP contribution is 2.22. The van der Waals surface area contributed by atoms with Crippen LogP contribution in [0.25, 0.3) is 0 Å². The molecule has 4 heteroatoms. The van der Waals surface area contributed by atoms with Crippen LogP contribution >= 0.6 is 0 Å². The first-order valence-corrected chi connectivity index (χ1v) is 5.79. The molecular formula is C14H20O4. The van der Waals surface area contributed by atoms with E-state index in [0.717, 1.165) is 0 Å². The fraction of sp³-hybridized carbons (Fsp3) is 0.429. The van der Waals surface area contributed by atoms with Gasteiger partial charge in [0.1, 0.15) is 0 Å². The summed E-state index contributed by atoms with van der Waals surface area (Å²) in [6, 6.07) is 0. The number of rotatable bonds is 10. The van der Waals surface area contributed by atoms with Crippen molar-refractivity contribution in [1.29, 1.82) is 0 Å². The van der Waals surface area contributed by atoms with Gasteiger partial charge in [-0.1, -0.05) is 18.2 Å². The maximum absolute atomic E-state index is 10.9. The molecule has 3 atom stereocenters. The summed E-state index contributed by atoms with van der Waals surface area (Å²) < 4.78 is 0. The number of hydrogen-bond donors (Lipinski definition) is 2. The number of hydrogen-bond acceptors (Lipinski definition) is 2. The molecule has 0 aromatic heterocycles. The minimum atomic E-state index is -0.921. The first-order valence-electron chi connectivity index (χ1n) is 5.79. The molecular weight excluding hydrogens is 232 g/mol. The zero-order valence-electron chi connectivity index (χ0n) is 10.4. The smallest absolute Gasteiger partial charge is 0.310 e. The van der Waals surface area contributed by atoms with Crippen LogP contribution in [-0.2, 0) is 9.59 Å². The van der Waals surface area contributed by atoms with Crippen molar-refractivity contribution in [2.75, 3.05) is 0 Å². The van der Waals surface area contributed by atoms with Crippen LogP contribution in [0.3, 0.4) is 0 Å². The summed E-state index contributed by atoms with van der Waals surface area (Å²) in [6.07, 6.45) is 5.85. The van der Waals surface area contributed by atoms with E-state index >= 15 is 0 Å². The lowest BCUT2D eigenvalue weighted by Gasteiger charge is -2.16. The maximum Gasteiger partial charge on any atom is 0.310 e. The summed E-state index contributed by atoms with van der Waals surface area (Å²) in [5.41, 5.74) is 0. The van der Waals surface area contributed by atoms with Gasteiger partial charge in [-0.3, -0.25) is 9.59 Å². The van der Waals surface area contributed by atoms with Gasteiger partial charge in [-0.15, -0.1) is 19.7 Å². The molecule has 0 aliphatic heterocycles. The van der Waals surface area contributed by atoms with Crippen LogP contribution in [0.2, 0.25) is 0 Å². The highest BCUT2D eigenvalue weighted by molar-refractivity contribution is 5.72. The van der Waals surface area contributed by atoms with E-state index in [0.29, 0.717) is 19.3 Å². The van der Waals surface area contributed by atoms with E-state index in [9.17, 15) is 9.59 Å². The highest BCUT2D eigenvalue weighted by Gasteiger charge is 2.20. The molecule has 0 aliphatic carbocycles. The minimum absolute atomic E-state index is 0.0362. The van der Waals surface area contributed by atoms with Crippen molar-refractivity contribution in [3.05, 3.63) is 38.0 Å². The Morgan fingerprint density at radius 2 is 1.39 bits per heavy atom. The molecule has 0 heterocycles. The first kappa shape index (κ1) is 16.2. The van der Waals surface area contributed by atoms with Crippen molar-refractivity contribution < 1.29 is 19.8 Å². The van der Waals surface area contributed by atoms with Gasteiger partial charge < -0.3 is 10.2 Å². The van der Waals surface area contributed by atoms with Gasteiger partial charge in [0, 0.05) is 0 Å². The largest absolute Gasteiger partial charge is 0.481 e. The van der Waals surface area contributed by atoms with E-state index in [-0.39, 0.29) is 5.92 Å². The summed E-state index contributed by atoms with van der Waals surface area (Å²) >= 11 is 0. The second-order valence-electron chi connectivity index (χ2n) is 4.17. The number of carboxylic acids is 2. The topological polar surface area (TPSA) is 74.6 Å².